The van der Waals surface area contributed by atoms with E-state index in [1.165, 1.54) is 0 Å². The highest BCUT2D eigenvalue weighted by molar-refractivity contribution is 6.18. The molecule has 1 atom stereocenters. The van der Waals surface area contributed by atoms with Gasteiger partial charge in [-0.1, -0.05) is 0 Å². The molecule has 1 fully saturated rings. The van der Waals surface area contributed by atoms with Gasteiger partial charge in [0, 0.05) is 51.0 Å². The number of nitrogens with zero attached hydrogens (tertiary/aromatic N) is 3. The van der Waals surface area contributed by atoms with Crippen molar-refractivity contribution in [3.8, 4) is 0 Å². The third-order valence-electron chi connectivity index (χ3n) is 4.65. The highest BCUT2D eigenvalue weighted by Gasteiger charge is 2.42. The molecule has 1 aromatic heterocycles. The lowest BCUT2D eigenvalue weighted by molar-refractivity contribution is -0.141. The normalized spacial score (nSPS) is 20.7. The molecule has 0 radical (unpaired) electrons. The molecule has 0 spiro atoms. The van der Waals surface area contributed by atoms with E-state index >= 15 is 0 Å². The highest BCUT2D eigenvalue weighted by atomic mass is 35.5. The van der Waals surface area contributed by atoms with Crippen molar-refractivity contribution in [1.29, 1.82) is 0 Å². The Bertz CT molecular complexity index is 555. The number of alkyl halides is 1. The van der Waals surface area contributed by atoms with E-state index in [9.17, 15) is 9.59 Å². The molecule has 24 heavy (non-hydrogen) atoms. The van der Waals surface area contributed by atoms with E-state index in [1.807, 2.05) is 0 Å². The van der Waals surface area contributed by atoms with Crippen molar-refractivity contribution in [2.24, 2.45) is 5.41 Å². The van der Waals surface area contributed by atoms with Crippen molar-refractivity contribution in [3.63, 3.8) is 0 Å². The fourth-order valence-electron chi connectivity index (χ4n) is 3.42. The maximum Gasteiger partial charge on any atom is 0.227 e. The van der Waals surface area contributed by atoms with Gasteiger partial charge in [-0.2, -0.15) is 0 Å². The van der Waals surface area contributed by atoms with Crippen LogP contribution in [0.3, 0.4) is 0 Å². The summed E-state index contributed by atoms with van der Waals surface area (Å²) in [5, 5.41) is 2.78. The predicted octanol–water partition coefficient (Wildman–Crippen LogP) is 1.78. The third kappa shape index (κ3) is 4.66. The number of amides is 2. The van der Waals surface area contributed by atoms with Gasteiger partial charge >= 0.3 is 0 Å². The van der Waals surface area contributed by atoms with Crippen molar-refractivity contribution in [1.82, 2.24) is 20.2 Å². The van der Waals surface area contributed by atoms with Crippen molar-refractivity contribution >= 4 is 23.4 Å². The van der Waals surface area contributed by atoms with Crippen LogP contribution >= 0.6 is 11.6 Å². The van der Waals surface area contributed by atoms with Gasteiger partial charge in [0.25, 0.3) is 0 Å². The van der Waals surface area contributed by atoms with Crippen molar-refractivity contribution in [3.05, 3.63) is 24.3 Å². The first-order valence-corrected chi connectivity index (χ1v) is 8.95. The molecular formula is C17H25ClN4O2. The van der Waals surface area contributed by atoms with Crippen LogP contribution in [-0.2, 0) is 16.0 Å². The second-order valence-corrected chi connectivity index (χ2v) is 6.65. The molecule has 2 rings (SSSR count). The van der Waals surface area contributed by atoms with Crippen LogP contribution in [-0.4, -0.2) is 52.7 Å². The van der Waals surface area contributed by atoms with E-state index in [0.29, 0.717) is 25.4 Å². The van der Waals surface area contributed by atoms with Gasteiger partial charge in [-0.3, -0.25) is 19.6 Å². The quantitative estimate of drug-likeness (QED) is 0.759. The van der Waals surface area contributed by atoms with Crippen LogP contribution < -0.4 is 5.32 Å². The minimum atomic E-state index is -0.517. The van der Waals surface area contributed by atoms with Crippen molar-refractivity contribution < 1.29 is 9.59 Å². The van der Waals surface area contributed by atoms with E-state index in [1.54, 1.807) is 30.5 Å². The maximum atomic E-state index is 12.6. The Labute approximate surface area is 148 Å². The minimum absolute atomic E-state index is 0.0185. The molecule has 1 aliphatic heterocycles. The second kappa shape index (κ2) is 8.97. The fraction of sp³-hybridized carbons (Fsp3) is 0.647. The zero-order chi connectivity index (χ0) is 17.4. The number of hydrogen-bond acceptors (Lipinski definition) is 4. The summed E-state index contributed by atoms with van der Waals surface area (Å²) in [5.74, 6) is 0.367. The van der Waals surface area contributed by atoms with Crippen molar-refractivity contribution in [2.75, 3.05) is 26.0 Å². The number of halogens is 1. The van der Waals surface area contributed by atoms with E-state index in [-0.39, 0.29) is 11.8 Å². The van der Waals surface area contributed by atoms with Gasteiger partial charge in [0.2, 0.25) is 11.8 Å². The number of aromatic nitrogens is 2. The van der Waals surface area contributed by atoms with Crippen LogP contribution in [0.2, 0.25) is 0 Å². The topological polar surface area (TPSA) is 75.2 Å². The lowest BCUT2D eigenvalue weighted by Gasteiger charge is -2.41. The summed E-state index contributed by atoms with van der Waals surface area (Å²) in [4.78, 5) is 34.9. The number of likely N-dealkylation sites (tertiary alicyclic amines) is 1. The van der Waals surface area contributed by atoms with Crippen LogP contribution in [0, 0.1) is 5.41 Å². The Morgan fingerprint density at radius 1 is 1.42 bits per heavy atom. The Hall–Kier alpha value is -1.69. The van der Waals surface area contributed by atoms with Crippen LogP contribution in [0.25, 0.3) is 0 Å². The number of carbonyl (C=O) groups excluding carboxylic acids is 2. The van der Waals surface area contributed by atoms with E-state index in [2.05, 4.69) is 15.3 Å². The van der Waals surface area contributed by atoms with Crippen LogP contribution in [0.1, 0.15) is 37.8 Å². The first kappa shape index (κ1) is 18.6. The van der Waals surface area contributed by atoms with Crippen LogP contribution in [0.5, 0.6) is 0 Å². The van der Waals surface area contributed by atoms with Gasteiger partial charge in [-0.15, -0.1) is 11.6 Å². The van der Waals surface area contributed by atoms with Gasteiger partial charge in [0.15, 0.2) is 0 Å². The standard InChI is InChI=1S/C17H25ClN4O2/c1-19-16(24)17(6-2-4-14-12-20-9-10-21-14)7-3-11-22(13-17)15(23)5-8-18/h9-10,12H,2-8,11,13H2,1H3,(H,19,24). The number of piperidine rings is 1. The first-order valence-electron chi connectivity index (χ1n) is 8.42. The molecule has 1 saturated heterocycles. The summed E-state index contributed by atoms with van der Waals surface area (Å²) >= 11 is 5.69. The molecule has 1 N–H and O–H groups in total. The molecule has 7 heteroatoms. The van der Waals surface area contributed by atoms with Gasteiger partial charge in [0.05, 0.1) is 11.1 Å². The summed E-state index contributed by atoms with van der Waals surface area (Å²) in [6.45, 7) is 1.18. The zero-order valence-electron chi connectivity index (χ0n) is 14.1. The van der Waals surface area contributed by atoms with Crippen molar-refractivity contribution in [2.45, 2.75) is 38.5 Å². The van der Waals surface area contributed by atoms with E-state index < -0.39 is 5.41 Å². The lowest BCUT2D eigenvalue weighted by Crippen LogP contribution is -2.53. The maximum absolute atomic E-state index is 12.6. The molecule has 0 saturated carbocycles. The molecular weight excluding hydrogens is 328 g/mol. The molecule has 2 heterocycles. The molecule has 1 aliphatic rings. The number of carbonyl (C=O) groups is 2. The highest BCUT2D eigenvalue weighted by Crippen LogP contribution is 2.35. The number of hydrogen-bond donors (Lipinski definition) is 1. The summed E-state index contributed by atoms with van der Waals surface area (Å²) in [5.41, 5.74) is 0.410. The predicted molar refractivity (Wildman–Crippen MR) is 92.6 cm³/mol. The summed E-state index contributed by atoms with van der Waals surface area (Å²) < 4.78 is 0. The number of nitrogens with one attached hydrogen (secondary N) is 1. The first-order chi connectivity index (χ1) is 11.6. The fourth-order valence-corrected chi connectivity index (χ4v) is 3.58. The molecule has 0 aromatic carbocycles. The molecule has 6 nitrogen and oxygen atoms in total. The average molecular weight is 353 g/mol. The Morgan fingerprint density at radius 2 is 2.25 bits per heavy atom. The van der Waals surface area contributed by atoms with Gasteiger partial charge in [-0.25, -0.2) is 0 Å². The molecule has 1 aromatic rings. The summed E-state index contributed by atoms with van der Waals surface area (Å²) in [6.07, 6.45) is 9.40. The SMILES string of the molecule is CNC(=O)C1(CCCc2cnccn2)CCCN(C(=O)CCCl)C1. The zero-order valence-corrected chi connectivity index (χ0v) is 14.9. The van der Waals surface area contributed by atoms with E-state index in [4.69, 9.17) is 11.6 Å². The lowest BCUT2D eigenvalue weighted by atomic mass is 9.74. The van der Waals surface area contributed by atoms with Gasteiger partial charge in [-0.05, 0) is 32.1 Å². The molecule has 1 unspecified atom stereocenters. The Kier molecular flexibility index (Phi) is 6.97. The van der Waals surface area contributed by atoms with Gasteiger partial charge < -0.3 is 10.2 Å². The second-order valence-electron chi connectivity index (χ2n) is 6.27. The largest absolute Gasteiger partial charge is 0.359 e. The monoisotopic (exact) mass is 352 g/mol. The number of aryl methyl sites for hydroxylation is 1. The van der Waals surface area contributed by atoms with Crippen LogP contribution in [0.4, 0.5) is 0 Å². The Balaban J connectivity index is 2.02. The summed E-state index contributed by atoms with van der Waals surface area (Å²) in [6, 6.07) is 0. The summed E-state index contributed by atoms with van der Waals surface area (Å²) in [7, 11) is 1.66. The molecule has 132 valence electrons. The third-order valence-corrected chi connectivity index (χ3v) is 4.84. The smallest absolute Gasteiger partial charge is 0.227 e. The number of rotatable bonds is 7. The molecule has 0 aliphatic carbocycles. The van der Waals surface area contributed by atoms with Crippen LogP contribution in [0.15, 0.2) is 18.6 Å². The average Bonchev–Trinajstić information content (AvgIpc) is 2.62. The molecule has 0 bridgehead atoms. The Morgan fingerprint density at radius 3 is 2.92 bits per heavy atom. The minimum Gasteiger partial charge on any atom is -0.359 e. The van der Waals surface area contributed by atoms with E-state index in [0.717, 1.165) is 37.8 Å². The van der Waals surface area contributed by atoms with Gasteiger partial charge in [0.1, 0.15) is 0 Å². The molecule has 2 amide bonds.